The van der Waals surface area contributed by atoms with Crippen LogP contribution in [-0.2, 0) is 144 Å². The molecular weight excluding hydrogens is 1900 g/mol. The maximum Gasteiger partial charge on any atom is 0.338 e. The average molecular weight is 1980 g/mol. The van der Waals surface area contributed by atoms with Crippen LogP contribution in [0.2, 0.25) is 0 Å². The number of nitrogens with zero attached hydrogens (tertiary/aromatic N) is 3. The number of nitrogens with one attached hydrogen (secondary N) is 1. The smallest absolute Gasteiger partial charge is 0.338 e. The number of methoxy groups -OCH3 is 2. The summed E-state index contributed by atoms with van der Waals surface area (Å²) >= 11 is 6.58. The number of benzene rings is 13. The molecule has 0 amide bonds. The van der Waals surface area contributed by atoms with Crippen LogP contribution >= 0.6 is 31.9 Å². The summed E-state index contributed by atoms with van der Waals surface area (Å²) in [5.41, 5.74) is 6.97. The van der Waals surface area contributed by atoms with Crippen LogP contribution in [0.25, 0.3) is 43.1 Å². The number of aromatic nitrogens is 4. The number of hydrogen-bond donors (Lipinski definition) is 3. The first-order chi connectivity index (χ1) is 53.9. The summed E-state index contributed by atoms with van der Waals surface area (Å²) in [7, 11) is 3.32. The van der Waals surface area contributed by atoms with Gasteiger partial charge in [-0.3, -0.25) is 28.5 Å². The standard InChI is InChI=1S/C24H21N2O4.C19H17O2.C18H15O2.C13H11BrN2O3.C11H9O.C8H9BrO.4Y/c1-16-7-8-20(30-21-15-17(2)13-18-5-3-4-6-19(18)21)22(14-16)29-12-11-26-10-9-23(27)25-24(26)28;1-13-8-9-17(19(11-13)20-3)21-18-12-14(2)10-15-6-4-5-7-16(15)18;1-12-7-8-17(16(19)10-12)20-18-11-13(2)9-14-5-3-4-6-15(14)18;14-7-9-15-8-6-11(17)16(13(15)19)12(18)10-4-2-1-3-5-10;1-8-6-9-4-2-3-5-10(9)11(12)7-8;1-6-3-4-7(9)8(5-6)10-2;;;;/h4-10,13-15H,11-12H2,1-2H3,(H,25,27,28);5-12H,1-3H3;4-11,19H,1-2H3;1-6,8H,7,9H2;3-7,12H,1H3;3-5H,1-2H3;;;;/q3*-1;;-1;;;;;. The minimum absolute atomic E-state index is 0. The summed E-state index contributed by atoms with van der Waals surface area (Å²) in [6.45, 7) is 17.0. The van der Waals surface area contributed by atoms with Gasteiger partial charge in [-0.1, -0.05) is 102 Å². The molecule has 0 fully saturated rings. The van der Waals surface area contributed by atoms with E-state index in [9.17, 15) is 34.2 Å². The van der Waals surface area contributed by atoms with E-state index >= 15 is 0 Å². The molecule has 116 heavy (non-hydrogen) atoms. The number of carbonyl (C=O) groups excluding carboxylic acids is 1. The monoisotopic (exact) mass is 1980 g/mol. The van der Waals surface area contributed by atoms with E-state index in [1.165, 1.54) is 39.2 Å². The number of phenols is 2. The van der Waals surface area contributed by atoms with Gasteiger partial charge in [0.05, 0.1) is 31.0 Å². The topological polar surface area (TPSA) is 212 Å². The molecule has 2 heterocycles. The number of halogens is 2. The number of alkyl halides is 1. The first kappa shape index (κ1) is 96.5. The van der Waals surface area contributed by atoms with Gasteiger partial charge in [-0.15, -0.1) is 45.8 Å². The van der Waals surface area contributed by atoms with Crippen LogP contribution in [-0.4, -0.2) is 61.0 Å². The number of ether oxygens (including phenoxy) is 6. The van der Waals surface area contributed by atoms with Crippen molar-refractivity contribution in [2.75, 3.05) is 26.2 Å². The van der Waals surface area contributed by atoms with Crippen LogP contribution in [0.1, 0.15) is 54.9 Å². The number of fused-ring (bicyclic) bond motifs is 4. The van der Waals surface area contributed by atoms with E-state index < -0.39 is 28.4 Å². The van der Waals surface area contributed by atoms with E-state index in [1.807, 2.05) is 200 Å². The molecule has 0 spiro atoms. The second-order valence-electron chi connectivity index (χ2n) is 26.2. The van der Waals surface area contributed by atoms with Crippen LogP contribution in [0.5, 0.6) is 63.2 Å². The quantitative estimate of drug-likeness (QED) is 0.0645. The minimum Gasteiger partial charge on any atom is -0.510 e. The van der Waals surface area contributed by atoms with Gasteiger partial charge >= 0.3 is 11.4 Å². The maximum absolute atomic E-state index is 12.2. The molecule has 0 bridgehead atoms. The second-order valence-corrected chi connectivity index (χ2v) is 27.8. The zero-order chi connectivity index (χ0) is 80.0. The fourth-order valence-corrected chi connectivity index (χ4v) is 12.6. The molecule has 0 aliphatic rings. The van der Waals surface area contributed by atoms with Crippen LogP contribution in [0.3, 0.4) is 0 Å². The van der Waals surface area contributed by atoms with Crippen molar-refractivity contribution in [3.63, 3.8) is 0 Å². The van der Waals surface area contributed by atoms with Gasteiger partial charge in [-0.05, 0) is 179 Å². The van der Waals surface area contributed by atoms with Gasteiger partial charge in [-0.25, -0.2) is 9.59 Å². The van der Waals surface area contributed by atoms with Crippen molar-refractivity contribution in [3.05, 3.63) is 369 Å². The van der Waals surface area contributed by atoms with Crippen molar-refractivity contribution in [2.45, 2.75) is 68.5 Å². The van der Waals surface area contributed by atoms with E-state index in [4.69, 9.17) is 28.4 Å². The Hall–Kier alpha value is -8.29. The Labute approximate surface area is 791 Å². The third kappa shape index (κ3) is 27.1. The zero-order valence-corrected chi connectivity index (χ0v) is 80.3. The van der Waals surface area contributed by atoms with Crippen LogP contribution in [0.15, 0.2) is 273 Å². The first-order valence-electron chi connectivity index (χ1n) is 35.6. The molecule has 0 aliphatic carbocycles. The molecule has 0 saturated heterocycles. The molecular formula is C93H82Br2N4O13Y4-4. The fraction of sp³-hybridized carbons (Fsp3) is 0.151. The van der Waals surface area contributed by atoms with E-state index in [0.29, 0.717) is 51.5 Å². The Balaban J connectivity index is 0.000000221. The molecule has 0 saturated carbocycles. The summed E-state index contributed by atoms with van der Waals surface area (Å²) in [5.74, 6) is 6.21. The molecule has 2 aromatic heterocycles. The van der Waals surface area contributed by atoms with Crippen LogP contribution < -0.4 is 50.9 Å². The van der Waals surface area contributed by atoms with Crippen molar-refractivity contribution >= 4 is 80.9 Å². The Kier molecular flexibility index (Phi) is 39.4. The molecule has 13 aromatic carbocycles. The van der Waals surface area contributed by atoms with Crippen molar-refractivity contribution in [1.29, 1.82) is 0 Å². The molecule has 15 rings (SSSR count). The van der Waals surface area contributed by atoms with Crippen molar-refractivity contribution in [1.82, 2.24) is 18.7 Å². The van der Waals surface area contributed by atoms with E-state index in [2.05, 4.69) is 86.2 Å². The molecule has 582 valence electrons. The second kappa shape index (κ2) is 47.3. The molecule has 23 heteroatoms. The Bertz CT molecular complexity index is 6100. The molecule has 17 nitrogen and oxygen atoms in total. The largest absolute Gasteiger partial charge is 0.510 e. The fourth-order valence-electron chi connectivity index (χ4n) is 11.8. The Morgan fingerprint density at radius 3 is 1.29 bits per heavy atom. The summed E-state index contributed by atoms with van der Waals surface area (Å²) < 4.78 is 39.0. The van der Waals surface area contributed by atoms with Crippen LogP contribution in [0, 0.1) is 79.7 Å². The zero-order valence-electron chi connectivity index (χ0n) is 65.8. The third-order valence-corrected chi connectivity index (χ3v) is 18.2. The number of carbonyl (C=O) groups is 1. The number of aryl methyl sites for hydroxylation is 9. The predicted octanol–water partition coefficient (Wildman–Crippen LogP) is 20.3. The summed E-state index contributed by atoms with van der Waals surface area (Å²) in [4.78, 5) is 61.2. The molecule has 15 aromatic rings. The molecule has 0 unspecified atom stereocenters. The molecule has 4 radical (unpaired) electrons. The normalized spacial score (nSPS) is 10.2. The van der Waals surface area contributed by atoms with Gasteiger partial charge in [0.1, 0.15) is 29.6 Å². The van der Waals surface area contributed by atoms with Crippen LogP contribution in [0.4, 0.5) is 0 Å². The van der Waals surface area contributed by atoms with Gasteiger partial charge in [0.15, 0.2) is 34.5 Å². The van der Waals surface area contributed by atoms with Crippen molar-refractivity contribution in [2.24, 2.45) is 0 Å². The van der Waals surface area contributed by atoms with Gasteiger partial charge in [0, 0.05) is 173 Å². The van der Waals surface area contributed by atoms with Crippen molar-refractivity contribution in [3.8, 4) is 63.2 Å². The van der Waals surface area contributed by atoms with Gasteiger partial charge in [-0.2, -0.15) is 102 Å². The number of hydrogen-bond acceptors (Lipinski definition) is 13. The van der Waals surface area contributed by atoms with Gasteiger partial charge in [0.25, 0.3) is 17.0 Å². The SMILES string of the molecule is COc1cc(C)ccc1Br.COc1cc(C)ccc1Oc1cc(C)cc2c[c-]ccc12.Cc1cc(O)c2cc[c-]cc2c1.Cc1ccc(Oc2cc(C)cc3c[c-]ccc23)c(O)c1.Cc1ccc(Oc2cc(C)cc3c[c-]ccc23)c(OCCn2ccc(=O)[nH]c2=O)c1.O=C(c1ccccc1)n1c(=O)ccn(CCBr)c1=O.[Y].[Y].[Y].[Y]. The predicted molar refractivity (Wildman–Crippen MR) is 451 cm³/mol. The average Bonchev–Trinajstić information content (AvgIpc) is 0.805. The number of phenolic OH excluding ortho intramolecular Hbond substituents is 2. The number of aromatic amines is 1. The minimum atomic E-state index is -0.624. The number of aromatic hydroxyl groups is 2. The van der Waals surface area contributed by atoms with E-state index in [1.54, 1.807) is 68.8 Å². The Morgan fingerprint density at radius 2 is 0.819 bits per heavy atom. The molecule has 0 atom stereocenters. The van der Waals surface area contributed by atoms with Gasteiger partial charge in [0.2, 0.25) is 0 Å². The molecule has 0 aliphatic heterocycles. The third-order valence-electron chi connectivity index (χ3n) is 17.2. The van der Waals surface area contributed by atoms with E-state index in [-0.39, 0.29) is 143 Å². The van der Waals surface area contributed by atoms with Gasteiger partial charge < -0.3 is 38.6 Å². The summed E-state index contributed by atoms with van der Waals surface area (Å²) in [6, 6.07) is 85.2. The summed E-state index contributed by atoms with van der Waals surface area (Å²) in [6.07, 6.45) is 2.84. The Morgan fingerprint density at radius 1 is 0.414 bits per heavy atom. The first-order valence-corrected chi connectivity index (χ1v) is 37.5. The summed E-state index contributed by atoms with van der Waals surface area (Å²) in [5, 5.41) is 28.3. The maximum atomic E-state index is 12.2. The number of rotatable bonds is 15. The van der Waals surface area contributed by atoms with E-state index in [0.717, 1.165) is 121 Å². The molecule has 3 N–H and O–H groups in total. The van der Waals surface area contributed by atoms with Crippen molar-refractivity contribution < 1.29 is 174 Å². The number of H-pyrrole nitrogens is 1.